The maximum Gasteiger partial charge on any atom is 0.213 e. The molecular weight excluding hydrogens is 240 g/mol. The minimum absolute atomic E-state index is 0.230. The Bertz CT molecular complexity index is 376. The summed E-state index contributed by atoms with van der Waals surface area (Å²) >= 11 is 0. The van der Waals surface area contributed by atoms with Gasteiger partial charge in [0, 0.05) is 31.5 Å². The first-order valence-electron chi connectivity index (χ1n) is 7.17. The van der Waals surface area contributed by atoms with E-state index < -0.39 is 0 Å². The molecule has 1 atom stereocenters. The van der Waals surface area contributed by atoms with Crippen molar-refractivity contribution in [3.8, 4) is 5.88 Å². The molecule has 0 spiro atoms. The third kappa shape index (κ3) is 5.17. The van der Waals surface area contributed by atoms with E-state index in [0.29, 0.717) is 18.5 Å². The van der Waals surface area contributed by atoms with Crippen molar-refractivity contribution in [3.63, 3.8) is 0 Å². The predicted octanol–water partition coefficient (Wildman–Crippen LogP) is 2.53. The zero-order chi connectivity index (χ0) is 13.5. The molecule has 1 N–H and O–H groups in total. The number of nitrogens with zero attached hydrogens (tertiary/aromatic N) is 1. The summed E-state index contributed by atoms with van der Waals surface area (Å²) in [5.41, 5.74) is 1.20. The van der Waals surface area contributed by atoms with E-state index in [1.165, 1.54) is 18.4 Å². The van der Waals surface area contributed by atoms with Crippen LogP contribution < -0.4 is 10.1 Å². The minimum Gasteiger partial charge on any atom is -0.475 e. The molecular formula is C15H24N2O2. The third-order valence-electron chi connectivity index (χ3n) is 3.20. The van der Waals surface area contributed by atoms with Crippen molar-refractivity contribution in [2.45, 2.75) is 51.8 Å². The van der Waals surface area contributed by atoms with E-state index in [4.69, 9.17) is 9.47 Å². The van der Waals surface area contributed by atoms with Gasteiger partial charge in [-0.25, -0.2) is 4.98 Å². The molecule has 1 fully saturated rings. The molecule has 0 aliphatic carbocycles. The fourth-order valence-corrected chi connectivity index (χ4v) is 2.08. The monoisotopic (exact) mass is 264 g/mol. The molecule has 0 radical (unpaired) electrons. The smallest absolute Gasteiger partial charge is 0.213 e. The maximum atomic E-state index is 5.73. The molecule has 1 aliphatic heterocycles. The second-order valence-corrected chi connectivity index (χ2v) is 5.34. The van der Waals surface area contributed by atoms with Crippen molar-refractivity contribution in [2.75, 3.05) is 13.2 Å². The second-order valence-electron chi connectivity index (χ2n) is 5.34. The Hall–Kier alpha value is -1.13. The van der Waals surface area contributed by atoms with E-state index >= 15 is 0 Å². The Kier molecular flexibility index (Phi) is 5.61. The molecule has 1 aromatic heterocycles. The van der Waals surface area contributed by atoms with Crippen molar-refractivity contribution in [1.82, 2.24) is 10.3 Å². The zero-order valence-electron chi connectivity index (χ0n) is 11.9. The van der Waals surface area contributed by atoms with Crippen LogP contribution in [0.15, 0.2) is 18.3 Å². The summed E-state index contributed by atoms with van der Waals surface area (Å²) in [6.45, 7) is 6.59. The van der Waals surface area contributed by atoms with Crippen LogP contribution in [-0.2, 0) is 11.3 Å². The van der Waals surface area contributed by atoms with Gasteiger partial charge in [0.2, 0.25) is 5.88 Å². The van der Waals surface area contributed by atoms with Gasteiger partial charge in [0.25, 0.3) is 0 Å². The number of pyridine rings is 1. The molecule has 0 aromatic carbocycles. The molecule has 106 valence electrons. The molecule has 1 aromatic rings. The predicted molar refractivity (Wildman–Crippen MR) is 75.3 cm³/mol. The first-order valence-corrected chi connectivity index (χ1v) is 7.17. The topological polar surface area (TPSA) is 43.4 Å². The van der Waals surface area contributed by atoms with E-state index in [1.54, 1.807) is 6.20 Å². The summed E-state index contributed by atoms with van der Waals surface area (Å²) in [5.74, 6) is 0.692. The molecule has 2 heterocycles. The van der Waals surface area contributed by atoms with Crippen molar-refractivity contribution < 1.29 is 9.47 Å². The fourth-order valence-electron chi connectivity index (χ4n) is 2.08. The number of aromatic nitrogens is 1. The summed E-state index contributed by atoms with van der Waals surface area (Å²) in [7, 11) is 0. The largest absolute Gasteiger partial charge is 0.475 e. The van der Waals surface area contributed by atoms with Gasteiger partial charge in [-0.15, -0.1) is 0 Å². The summed E-state index contributed by atoms with van der Waals surface area (Å²) in [6, 6.07) is 4.49. The maximum absolute atomic E-state index is 5.73. The third-order valence-corrected chi connectivity index (χ3v) is 3.20. The lowest BCUT2D eigenvalue weighted by atomic mass is 10.1. The molecule has 0 amide bonds. The number of ether oxygens (including phenoxy) is 2. The van der Waals surface area contributed by atoms with Crippen molar-refractivity contribution in [2.24, 2.45) is 0 Å². The molecule has 0 bridgehead atoms. The Morgan fingerprint density at radius 2 is 2.37 bits per heavy atom. The number of nitrogens with one attached hydrogen (secondary N) is 1. The van der Waals surface area contributed by atoms with Gasteiger partial charge in [-0.3, -0.25) is 0 Å². The Balaban J connectivity index is 1.80. The molecule has 4 heteroatoms. The van der Waals surface area contributed by atoms with Crippen LogP contribution in [0.1, 0.15) is 38.7 Å². The normalized spacial score (nSPS) is 19.6. The first kappa shape index (κ1) is 14.3. The number of hydrogen-bond donors (Lipinski definition) is 1. The minimum atomic E-state index is 0.230. The molecule has 2 rings (SSSR count). The SMILES string of the molecule is CC(C)NCc1ccnc(OCC2CCCCO2)c1. The van der Waals surface area contributed by atoms with Crippen molar-refractivity contribution >= 4 is 0 Å². The quantitative estimate of drug-likeness (QED) is 0.857. The van der Waals surface area contributed by atoms with Crippen LogP contribution in [0.2, 0.25) is 0 Å². The summed E-state index contributed by atoms with van der Waals surface area (Å²) in [5, 5.41) is 3.39. The summed E-state index contributed by atoms with van der Waals surface area (Å²) in [4.78, 5) is 4.25. The Morgan fingerprint density at radius 1 is 1.47 bits per heavy atom. The lowest BCUT2D eigenvalue weighted by Gasteiger charge is -2.22. The van der Waals surface area contributed by atoms with E-state index in [0.717, 1.165) is 19.6 Å². The highest BCUT2D eigenvalue weighted by Gasteiger charge is 2.14. The Morgan fingerprint density at radius 3 is 3.11 bits per heavy atom. The number of hydrogen-bond acceptors (Lipinski definition) is 4. The Labute approximate surface area is 115 Å². The van der Waals surface area contributed by atoms with E-state index in [1.807, 2.05) is 12.1 Å². The first-order chi connectivity index (χ1) is 9.24. The van der Waals surface area contributed by atoms with Gasteiger partial charge in [-0.05, 0) is 30.9 Å². The second kappa shape index (κ2) is 7.46. The average molecular weight is 264 g/mol. The molecule has 1 unspecified atom stereocenters. The van der Waals surface area contributed by atoms with Crippen LogP contribution in [0.5, 0.6) is 5.88 Å². The van der Waals surface area contributed by atoms with Gasteiger partial charge in [-0.2, -0.15) is 0 Å². The average Bonchev–Trinajstić information content (AvgIpc) is 2.44. The highest BCUT2D eigenvalue weighted by atomic mass is 16.5. The summed E-state index contributed by atoms with van der Waals surface area (Å²) in [6.07, 6.45) is 5.53. The zero-order valence-corrected chi connectivity index (χ0v) is 11.9. The van der Waals surface area contributed by atoms with Gasteiger partial charge >= 0.3 is 0 Å². The van der Waals surface area contributed by atoms with Gasteiger partial charge in [0.15, 0.2) is 0 Å². The van der Waals surface area contributed by atoms with Crippen LogP contribution in [0.4, 0.5) is 0 Å². The molecule has 19 heavy (non-hydrogen) atoms. The lowest BCUT2D eigenvalue weighted by Crippen LogP contribution is -2.26. The van der Waals surface area contributed by atoms with E-state index in [-0.39, 0.29) is 6.10 Å². The van der Waals surface area contributed by atoms with Gasteiger partial charge in [-0.1, -0.05) is 13.8 Å². The fraction of sp³-hybridized carbons (Fsp3) is 0.667. The van der Waals surface area contributed by atoms with Crippen molar-refractivity contribution in [3.05, 3.63) is 23.9 Å². The standard InChI is InChI=1S/C15H24N2O2/c1-12(2)17-10-13-6-7-16-15(9-13)19-11-14-5-3-4-8-18-14/h6-7,9,12,14,17H,3-5,8,10-11H2,1-2H3. The molecule has 1 aliphatic rings. The molecule has 0 saturated carbocycles. The highest BCUT2D eigenvalue weighted by molar-refractivity contribution is 5.20. The van der Waals surface area contributed by atoms with Gasteiger partial charge in [0.1, 0.15) is 6.61 Å². The lowest BCUT2D eigenvalue weighted by molar-refractivity contribution is -0.0119. The van der Waals surface area contributed by atoms with Crippen LogP contribution in [-0.4, -0.2) is 30.3 Å². The molecule has 4 nitrogen and oxygen atoms in total. The van der Waals surface area contributed by atoms with Gasteiger partial charge < -0.3 is 14.8 Å². The van der Waals surface area contributed by atoms with E-state index in [2.05, 4.69) is 24.1 Å². The van der Waals surface area contributed by atoms with Crippen LogP contribution in [0.3, 0.4) is 0 Å². The van der Waals surface area contributed by atoms with Crippen LogP contribution in [0.25, 0.3) is 0 Å². The van der Waals surface area contributed by atoms with E-state index in [9.17, 15) is 0 Å². The highest BCUT2D eigenvalue weighted by Crippen LogP contribution is 2.15. The van der Waals surface area contributed by atoms with Crippen molar-refractivity contribution in [1.29, 1.82) is 0 Å². The van der Waals surface area contributed by atoms with Crippen LogP contribution in [0, 0.1) is 0 Å². The molecule has 1 saturated heterocycles. The summed E-state index contributed by atoms with van der Waals surface area (Å²) < 4.78 is 11.4. The van der Waals surface area contributed by atoms with Gasteiger partial charge in [0.05, 0.1) is 6.10 Å². The van der Waals surface area contributed by atoms with Crippen LogP contribution >= 0.6 is 0 Å². The number of rotatable bonds is 6.